The smallest absolute Gasteiger partial charge is 0.123 e. The minimum atomic E-state index is -0.206. The summed E-state index contributed by atoms with van der Waals surface area (Å²) in [5.74, 6) is 0.645. The van der Waals surface area contributed by atoms with Crippen LogP contribution in [0.1, 0.15) is 22.9 Å². The van der Waals surface area contributed by atoms with Gasteiger partial charge in [0.15, 0.2) is 0 Å². The maximum absolute atomic E-state index is 12.9. The highest BCUT2D eigenvalue weighted by Crippen LogP contribution is 2.34. The number of halogens is 3. The van der Waals surface area contributed by atoms with Gasteiger partial charge in [0.2, 0.25) is 0 Å². The van der Waals surface area contributed by atoms with Crippen molar-refractivity contribution >= 4 is 31.9 Å². The first-order valence-electron chi connectivity index (χ1n) is 6.41. The predicted molar refractivity (Wildman–Crippen MR) is 87.1 cm³/mol. The average Bonchev–Trinajstić information content (AvgIpc) is 2.42. The standard InChI is InChI=1S/C16H15Br2FO/c1-2-20-13-7-8-14(16(18)10-13)15(17)9-11-3-5-12(19)6-4-11/h3-8,10,15H,2,9H2,1H3. The molecule has 1 unspecified atom stereocenters. The number of rotatable bonds is 5. The average molecular weight is 402 g/mol. The van der Waals surface area contributed by atoms with Crippen molar-refractivity contribution in [3.63, 3.8) is 0 Å². The Hall–Kier alpha value is -0.870. The van der Waals surface area contributed by atoms with E-state index < -0.39 is 0 Å². The van der Waals surface area contributed by atoms with Crippen molar-refractivity contribution in [2.75, 3.05) is 6.61 Å². The summed E-state index contributed by atoms with van der Waals surface area (Å²) in [5.41, 5.74) is 2.24. The minimum absolute atomic E-state index is 0.165. The van der Waals surface area contributed by atoms with Crippen molar-refractivity contribution < 1.29 is 9.13 Å². The molecule has 2 rings (SSSR count). The van der Waals surface area contributed by atoms with Crippen LogP contribution in [0.2, 0.25) is 0 Å². The van der Waals surface area contributed by atoms with Gasteiger partial charge in [0, 0.05) is 9.30 Å². The summed E-state index contributed by atoms with van der Waals surface area (Å²) in [7, 11) is 0. The third-order valence-corrected chi connectivity index (χ3v) is 4.45. The first kappa shape index (κ1) is 15.5. The molecule has 1 atom stereocenters. The summed E-state index contributed by atoms with van der Waals surface area (Å²) in [6, 6.07) is 12.6. The van der Waals surface area contributed by atoms with Gasteiger partial charge in [-0.2, -0.15) is 0 Å². The molecule has 0 spiro atoms. The van der Waals surface area contributed by atoms with Crippen molar-refractivity contribution in [2.45, 2.75) is 18.2 Å². The monoisotopic (exact) mass is 400 g/mol. The van der Waals surface area contributed by atoms with Gasteiger partial charge in [-0.05, 0) is 48.7 Å². The molecular weight excluding hydrogens is 387 g/mol. The Labute approximate surface area is 135 Å². The molecule has 0 saturated heterocycles. The molecule has 20 heavy (non-hydrogen) atoms. The molecule has 0 aliphatic heterocycles. The largest absolute Gasteiger partial charge is 0.494 e. The lowest BCUT2D eigenvalue weighted by Gasteiger charge is -2.14. The fourth-order valence-electron chi connectivity index (χ4n) is 1.96. The molecule has 0 aliphatic carbocycles. The van der Waals surface area contributed by atoms with Crippen LogP contribution in [-0.4, -0.2) is 6.61 Å². The lowest BCUT2D eigenvalue weighted by atomic mass is 10.0. The normalized spacial score (nSPS) is 12.2. The number of hydrogen-bond acceptors (Lipinski definition) is 1. The quantitative estimate of drug-likeness (QED) is 0.587. The molecule has 0 aliphatic rings. The zero-order chi connectivity index (χ0) is 14.5. The second kappa shape index (κ2) is 7.23. The fraction of sp³-hybridized carbons (Fsp3) is 0.250. The van der Waals surface area contributed by atoms with Crippen LogP contribution in [0.15, 0.2) is 46.9 Å². The summed E-state index contributed by atoms with van der Waals surface area (Å²) >= 11 is 7.26. The molecule has 0 fully saturated rings. The zero-order valence-electron chi connectivity index (χ0n) is 11.1. The van der Waals surface area contributed by atoms with E-state index in [1.807, 2.05) is 37.3 Å². The fourth-order valence-corrected chi connectivity index (χ4v) is 3.67. The Morgan fingerprint density at radius 2 is 1.85 bits per heavy atom. The Morgan fingerprint density at radius 3 is 2.45 bits per heavy atom. The number of hydrogen-bond donors (Lipinski definition) is 0. The lowest BCUT2D eigenvalue weighted by molar-refractivity contribution is 0.340. The first-order valence-corrected chi connectivity index (χ1v) is 8.11. The van der Waals surface area contributed by atoms with Crippen LogP contribution < -0.4 is 4.74 Å². The Kier molecular flexibility index (Phi) is 5.61. The maximum atomic E-state index is 12.9. The highest BCUT2D eigenvalue weighted by Gasteiger charge is 2.13. The molecule has 2 aromatic rings. The molecule has 0 amide bonds. The summed E-state index contributed by atoms with van der Waals surface area (Å²) in [5, 5.41) is 0. The minimum Gasteiger partial charge on any atom is -0.494 e. The Balaban J connectivity index is 2.12. The molecule has 0 aromatic heterocycles. The number of ether oxygens (including phenoxy) is 1. The SMILES string of the molecule is CCOc1ccc(C(Br)Cc2ccc(F)cc2)c(Br)c1. The van der Waals surface area contributed by atoms with E-state index in [9.17, 15) is 4.39 Å². The molecule has 4 heteroatoms. The summed E-state index contributed by atoms with van der Waals surface area (Å²) in [6.45, 7) is 2.61. The van der Waals surface area contributed by atoms with Crippen molar-refractivity contribution in [3.8, 4) is 5.75 Å². The van der Waals surface area contributed by atoms with Crippen LogP contribution in [0, 0.1) is 5.82 Å². The molecule has 0 saturated carbocycles. The van der Waals surface area contributed by atoms with E-state index in [0.29, 0.717) is 6.61 Å². The highest BCUT2D eigenvalue weighted by atomic mass is 79.9. The van der Waals surface area contributed by atoms with Crippen molar-refractivity contribution in [2.24, 2.45) is 0 Å². The van der Waals surface area contributed by atoms with Crippen LogP contribution in [0.25, 0.3) is 0 Å². The van der Waals surface area contributed by atoms with E-state index in [1.165, 1.54) is 12.1 Å². The summed E-state index contributed by atoms with van der Waals surface area (Å²) in [4.78, 5) is 0.165. The van der Waals surface area contributed by atoms with Crippen LogP contribution in [-0.2, 0) is 6.42 Å². The van der Waals surface area contributed by atoms with Crippen molar-refractivity contribution in [1.82, 2.24) is 0 Å². The third-order valence-electron chi connectivity index (χ3n) is 2.95. The van der Waals surface area contributed by atoms with Gasteiger partial charge in [-0.15, -0.1) is 0 Å². The summed E-state index contributed by atoms with van der Waals surface area (Å²) < 4.78 is 19.4. The molecule has 0 heterocycles. The van der Waals surface area contributed by atoms with E-state index in [1.54, 1.807) is 0 Å². The lowest BCUT2D eigenvalue weighted by Crippen LogP contribution is -1.98. The number of alkyl halides is 1. The van der Waals surface area contributed by atoms with E-state index in [0.717, 1.165) is 27.8 Å². The van der Waals surface area contributed by atoms with Gasteiger partial charge in [0.05, 0.1) is 6.61 Å². The topological polar surface area (TPSA) is 9.23 Å². The van der Waals surface area contributed by atoms with Crippen LogP contribution >= 0.6 is 31.9 Å². The second-order valence-corrected chi connectivity index (χ2v) is 6.37. The zero-order valence-corrected chi connectivity index (χ0v) is 14.2. The van der Waals surface area contributed by atoms with Crippen LogP contribution in [0.4, 0.5) is 4.39 Å². The van der Waals surface area contributed by atoms with Crippen molar-refractivity contribution in [3.05, 3.63) is 63.9 Å². The highest BCUT2D eigenvalue weighted by molar-refractivity contribution is 9.11. The van der Waals surface area contributed by atoms with Gasteiger partial charge in [0.25, 0.3) is 0 Å². The van der Waals surface area contributed by atoms with Gasteiger partial charge in [-0.3, -0.25) is 0 Å². The van der Waals surface area contributed by atoms with Crippen LogP contribution in [0.3, 0.4) is 0 Å². The molecule has 0 radical (unpaired) electrons. The number of benzene rings is 2. The molecule has 106 valence electrons. The Bertz CT molecular complexity index is 569. The van der Waals surface area contributed by atoms with E-state index >= 15 is 0 Å². The summed E-state index contributed by atoms with van der Waals surface area (Å²) in [6.07, 6.45) is 0.798. The second-order valence-electron chi connectivity index (χ2n) is 4.41. The van der Waals surface area contributed by atoms with E-state index in [4.69, 9.17) is 4.74 Å². The molecular formula is C16H15Br2FO. The van der Waals surface area contributed by atoms with Gasteiger partial charge >= 0.3 is 0 Å². The van der Waals surface area contributed by atoms with Gasteiger partial charge in [0.1, 0.15) is 11.6 Å². The predicted octanol–water partition coefficient (Wildman–Crippen LogP) is 5.67. The molecule has 0 bridgehead atoms. The maximum Gasteiger partial charge on any atom is 0.123 e. The first-order chi connectivity index (χ1) is 9.60. The van der Waals surface area contributed by atoms with Gasteiger partial charge in [-0.1, -0.05) is 50.1 Å². The van der Waals surface area contributed by atoms with E-state index in [-0.39, 0.29) is 10.6 Å². The van der Waals surface area contributed by atoms with E-state index in [2.05, 4.69) is 31.9 Å². The molecule has 1 nitrogen and oxygen atoms in total. The van der Waals surface area contributed by atoms with Crippen molar-refractivity contribution in [1.29, 1.82) is 0 Å². The van der Waals surface area contributed by atoms with Crippen LogP contribution in [0.5, 0.6) is 5.75 Å². The third kappa shape index (κ3) is 4.06. The molecule has 0 N–H and O–H groups in total. The Morgan fingerprint density at radius 1 is 1.15 bits per heavy atom. The van der Waals surface area contributed by atoms with Gasteiger partial charge < -0.3 is 4.74 Å². The van der Waals surface area contributed by atoms with Gasteiger partial charge in [-0.25, -0.2) is 4.39 Å². The molecule has 2 aromatic carbocycles.